The third-order valence-electron chi connectivity index (χ3n) is 2.31. The molecule has 0 aromatic heterocycles. The van der Waals surface area contributed by atoms with Gasteiger partial charge in [-0.2, -0.15) is 4.74 Å². The van der Waals surface area contributed by atoms with Gasteiger partial charge < -0.3 is 14.3 Å². The minimum atomic E-state index is -3.67. The van der Waals surface area contributed by atoms with Gasteiger partial charge in [-0.15, -0.1) is 0 Å². The standard InChI is InChI=1S/C9H18NO4P/c1-4-13-15(12,14-5-2)9(3)7-6-8-10(9)11/h8H,4-7H2,1-3H3/i6D2. The molecule has 0 N–H and O–H groups in total. The molecule has 0 aliphatic carbocycles. The van der Waals surface area contributed by atoms with E-state index in [1.807, 2.05) is 0 Å². The highest BCUT2D eigenvalue weighted by atomic mass is 31.2. The second-order valence-electron chi connectivity index (χ2n) is 3.39. The van der Waals surface area contributed by atoms with E-state index in [9.17, 15) is 9.77 Å². The second-order valence-corrected chi connectivity index (χ2v) is 5.86. The number of hydrogen-bond acceptors (Lipinski definition) is 4. The van der Waals surface area contributed by atoms with Crippen LogP contribution in [0, 0.1) is 5.21 Å². The summed E-state index contributed by atoms with van der Waals surface area (Å²) in [6, 6.07) is 0. The van der Waals surface area contributed by atoms with Gasteiger partial charge in [0, 0.05) is 22.5 Å². The Labute approximate surface area is 93.0 Å². The third kappa shape index (κ3) is 2.10. The lowest BCUT2D eigenvalue weighted by Gasteiger charge is -2.30. The molecule has 6 heteroatoms. The molecule has 0 amide bonds. The molecule has 0 radical (unpaired) electrons. The van der Waals surface area contributed by atoms with Crippen molar-refractivity contribution >= 4 is 13.8 Å². The first-order chi connectivity index (χ1) is 7.71. The molecule has 0 fully saturated rings. The Morgan fingerprint density at radius 1 is 1.60 bits per heavy atom. The summed E-state index contributed by atoms with van der Waals surface area (Å²) in [5, 5.41) is 10.3. The summed E-state index contributed by atoms with van der Waals surface area (Å²) in [4.78, 5) is 0. The van der Waals surface area contributed by atoms with E-state index < -0.39 is 19.2 Å². The van der Waals surface area contributed by atoms with Gasteiger partial charge in [-0.3, -0.25) is 4.57 Å². The second kappa shape index (κ2) is 4.64. The Morgan fingerprint density at radius 3 is 2.47 bits per heavy atom. The molecule has 0 aromatic rings. The number of hydrogen-bond donors (Lipinski definition) is 0. The van der Waals surface area contributed by atoms with E-state index >= 15 is 0 Å². The summed E-state index contributed by atoms with van der Waals surface area (Å²) >= 11 is 0. The van der Waals surface area contributed by atoms with Gasteiger partial charge >= 0.3 is 7.60 Å². The molecular formula is C9H18NO4P. The van der Waals surface area contributed by atoms with Crippen LogP contribution in [0.5, 0.6) is 0 Å². The van der Waals surface area contributed by atoms with Crippen molar-refractivity contribution in [2.45, 2.75) is 38.8 Å². The lowest BCUT2D eigenvalue weighted by atomic mass is 10.2. The molecule has 1 unspecified atom stereocenters. The SMILES string of the molecule is [2H]C1([2H])C=[N+]([O-])C(C)(P(=O)(OCC)OCC)C1. The lowest BCUT2D eigenvalue weighted by molar-refractivity contribution is -0.506. The fourth-order valence-electron chi connectivity index (χ4n) is 1.41. The molecule has 1 rings (SSSR count). The first-order valence-corrected chi connectivity index (χ1v) is 6.47. The van der Waals surface area contributed by atoms with Crippen LogP contribution in [0.25, 0.3) is 0 Å². The zero-order chi connectivity index (χ0) is 13.3. The van der Waals surface area contributed by atoms with Crippen molar-refractivity contribution in [2.75, 3.05) is 13.2 Å². The van der Waals surface area contributed by atoms with Crippen LogP contribution < -0.4 is 0 Å². The van der Waals surface area contributed by atoms with Crippen molar-refractivity contribution in [3.63, 3.8) is 0 Å². The summed E-state index contributed by atoms with van der Waals surface area (Å²) in [6.07, 6.45) is -1.11. The summed E-state index contributed by atoms with van der Waals surface area (Å²) in [5.74, 6) is 0. The minimum absolute atomic E-state index is 0.143. The van der Waals surface area contributed by atoms with Crippen molar-refractivity contribution in [1.29, 1.82) is 0 Å². The van der Waals surface area contributed by atoms with E-state index in [0.29, 0.717) is 4.74 Å². The molecular weight excluding hydrogens is 217 g/mol. The summed E-state index contributed by atoms with van der Waals surface area (Å²) < 4.78 is 38.3. The Morgan fingerprint density at radius 2 is 2.13 bits per heavy atom. The van der Waals surface area contributed by atoms with Gasteiger partial charge in [0.15, 0.2) is 6.21 Å². The Kier molecular flexibility index (Phi) is 3.04. The van der Waals surface area contributed by atoms with Crippen LogP contribution in [0.15, 0.2) is 0 Å². The maximum absolute atomic E-state index is 12.6. The maximum atomic E-state index is 12.6. The van der Waals surface area contributed by atoms with Crippen LogP contribution >= 0.6 is 7.60 Å². The summed E-state index contributed by atoms with van der Waals surface area (Å²) in [6.45, 7) is 5.00. The van der Waals surface area contributed by atoms with E-state index in [-0.39, 0.29) is 19.6 Å². The molecule has 0 spiro atoms. The molecule has 1 atom stereocenters. The monoisotopic (exact) mass is 237 g/mol. The highest BCUT2D eigenvalue weighted by Gasteiger charge is 2.56. The van der Waals surface area contributed by atoms with Crippen LogP contribution in [0.1, 0.15) is 36.3 Å². The first kappa shape index (κ1) is 9.82. The Hall–Kier alpha value is -0.380. The van der Waals surface area contributed by atoms with Crippen molar-refractivity contribution in [2.24, 2.45) is 0 Å². The number of rotatable bonds is 5. The molecule has 88 valence electrons. The molecule has 5 nitrogen and oxygen atoms in total. The van der Waals surface area contributed by atoms with E-state index in [0.717, 1.165) is 6.21 Å². The van der Waals surface area contributed by atoms with Gasteiger partial charge in [0.1, 0.15) is 0 Å². The molecule has 0 aromatic carbocycles. The molecule has 0 bridgehead atoms. The van der Waals surface area contributed by atoms with E-state index in [1.54, 1.807) is 13.8 Å². The Bertz CT molecular complexity index is 364. The van der Waals surface area contributed by atoms with Gasteiger partial charge in [-0.1, -0.05) is 0 Å². The smallest absolute Gasteiger partial charge is 0.401 e. The molecule has 0 saturated heterocycles. The average molecular weight is 237 g/mol. The molecule has 1 aliphatic heterocycles. The quantitative estimate of drug-likeness (QED) is 0.418. The van der Waals surface area contributed by atoms with Crippen molar-refractivity contribution in [1.82, 2.24) is 0 Å². The maximum Gasteiger partial charge on any atom is 0.401 e. The van der Waals surface area contributed by atoms with Crippen LogP contribution in [0.2, 0.25) is 0 Å². The predicted molar refractivity (Wildman–Crippen MR) is 58.2 cm³/mol. The minimum Gasteiger partial charge on any atom is -0.623 e. The van der Waals surface area contributed by atoms with Gasteiger partial charge in [0.05, 0.1) is 13.2 Å². The predicted octanol–water partition coefficient (Wildman–Crippen LogP) is 2.34. The Balaban J connectivity index is 3.12. The van der Waals surface area contributed by atoms with Crippen LogP contribution in [0.4, 0.5) is 0 Å². The topological polar surface area (TPSA) is 61.6 Å². The lowest BCUT2D eigenvalue weighted by Crippen LogP contribution is -2.33. The van der Waals surface area contributed by atoms with Crippen LogP contribution in [-0.4, -0.2) is 29.4 Å². The molecule has 1 aliphatic rings. The molecule has 0 saturated carbocycles. The molecule has 1 heterocycles. The van der Waals surface area contributed by atoms with Gasteiger partial charge in [-0.05, 0) is 13.8 Å². The van der Waals surface area contributed by atoms with Crippen molar-refractivity contribution < 1.29 is 21.1 Å². The molecule has 15 heavy (non-hydrogen) atoms. The van der Waals surface area contributed by atoms with Gasteiger partial charge in [0.25, 0.3) is 5.28 Å². The van der Waals surface area contributed by atoms with Gasteiger partial charge in [-0.25, -0.2) is 0 Å². The zero-order valence-corrected chi connectivity index (χ0v) is 10.1. The fourth-order valence-corrected chi connectivity index (χ4v) is 3.31. The van der Waals surface area contributed by atoms with Crippen LogP contribution in [-0.2, 0) is 13.6 Å². The van der Waals surface area contributed by atoms with Crippen molar-refractivity contribution in [3.8, 4) is 0 Å². The van der Waals surface area contributed by atoms with Crippen molar-refractivity contribution in [3.05, 3.63) is 5.21 Å². The first-order valence-electron chi connectivity index (χ1n) is 5.92. The van der Waals surface area contributed by atoms with E-state index in [1.165, 1.54) is 6.92 Å². The third-order valence-corrected chi connectivity index (χ3v) is 5.04. The fraction of sp³-hybridized carbons (Fsp3) is 0.889. The summed E-state index contributed by atoms with van der Waals surface area (Å²) in [5.41, 5.74) is 0. The number of nitrogens with zero attached hydrogens (tertiary/aromatic N) is 1. The largest absolute Gasteiger partial charge is 0.623 e. The highest BCUT2D eigenvalue weighted by molar-refractivity contribution is 7.55. The number of hydroxylamine groups is 1. The van der Waals surface area contributed by atoms with Crippen LogP contribution in [0.3, 0.4) is 0 Å². The highest BCUT2D eigenvalue weighted by Crippen LogP contribution is 2.62. The van der Waals surface area contributed by atoms with E-state index in [4.69, 9.17) is 11.8 Å². The summed E-state index contributed by atoms with van der Waals surface area (Å²) in [7, 11) is -3.67. The van der Waals surface area contributed by atoms with E-state index in [2.05, 4.69) is 0 Å². The average Bonchev–Trinajstić information content (AvgIpc) is 2.37. The van der Waals surface area contributed by atoms with Gasteiger partial charge in [0.2, 0.25) is 0 Å². The normalized spacial score (nSPS) is 32.1. The zero-order valence-electron chi connectivity index (χ0n) is 11.2.